The number of nitrogens with zero attached hydrogens (tertiary/aromatic N) is 1. The molecule has 17 heavy (non-hydrogen) atoms. The molecule has 0 aromatic heterocycles. The normalized spacial score (nSPS) is 19.8. The van der Waals surface area contributed by atoms with Gasteiger partial charge in [-0.05, 0) is 25.8 Å². The van der Waals surface area contributed by atoms with Crippen LogP contribution < -0.4 is 11.1 Å². The van der Waals surface area contributed by atoms with Crippen molar-refractivity contribution >= 4 is 5.91 Å². The van der Waals surface area contributed by atoms with Crippen molar-refractivity contribution in [1.82, 2.24) is 10.2 Å². The van der Waals surface area contributed by atoms with Crippen molar-refractivity contribution in [3.8, 4) is 0 Å². The molecule has 100 valence electrons. The number of amides is 1. The van der Waals surface area contributed by atoms with Crippen molar-refractivity contribution in [1.29, 1.82) is 0 Å². The third-order valence-electron chi connectivity index (χ3n) is 3.03. The van der Waals surface area contributed by atoms with E-state index in [-0.39, 0.29) is 11.9 Å². The molecule has 5 heteroatoms. The molecule has 3 N–H and O–H groups in total. The highest BCUT2D eigenvalue weighted by Gasteiger charge is 2.16. The van der Waals surface area contributed by atoms with Gasteiger partial charge in [0, 0.05) is 26.2 Å². The van der Waals surface area contributed by atoms with Crippen LogP contribution in [0.1, 0.15) is 26.2 Å². The minimum Gasteiger partial charge on any atom is -0.380 e. The lowest BCUT2D eigenvalue weighted by molar-refractivity contribution is -0.120. The Morgan fingerprint density at radius 2 is 2.29 bits per heavy atom. The van der Waals surface area contributed by atoms with Crippen molar-refractivity contribution in [3.63, 3.8) is 0 Å². The van der Waals surface area contributed by atoms with E-state index in [2.05, 4.69) is 17.1 Å². The number of primary amides is 1. The Kier molecular flexibility index (Phi) is 7.16. The Bertz CT molecular complexity index is 216. The van der Waals surface area contributed by atoms with Gasteiger partial charge >= 0.3 is 0 Å². The molecule has 1 heterocycles. The van der Waals surface area contributed by atoms with E-state index >= 15 is 0 Å². The topological polar surface area (TPSA) is 67.6 Å². The molecular formula is C12H25N3O2. The van der Waals surface area contributed by atoms with Gasteiger partial charge in [0.1, 0.15) is 0 Å². The van der Waals surface area contributed by atoms with Crippen LogP contribution in [-0.2, 0) is 9.53 Å². The van der Waals surface area contributed by atoms with Crippen LogP contribution in [0.5, 0.6) is 0 Å². The minimum atomic E-state index is -0.246. The van der Waals surface area contributed by atoms with Gasteiger partial charge in [0.15, 0.2) is 0 Å². The maximum Gasteiger partial charge on any atom is 0.234 e. The quantitative estimate of drug-likeness (QED) is 0.658. The van der Waals surface area contributed by atoms with Crippen LogP contribution in [0.4, 0.5) is 0 Å². The number of carbonyl (C=O) groups excluding carboxylic acids is 1. The molecule has 5 nitrogen and oxygen atoms in total. The van der Waals surface area contributed by atoms with Crippen LogP contribution in [-0.4, -0.2) is 56.2 Å². The van der Waals surface area contributed by atoms with Crippen LogP contribution >= 0.6 is 0 Å². The third kappa shape index (κ3) is 6.00. The lowest BCUT2D eigenvalue weighted by atomic mass is 10.1. The zero-order valence-electron chi connectivity index (χ0n) is 10.8. The minimum absolute atomic E-state index is 0.195. The van der Waals surface area contributed by atoms with Gasteiger partial charge in [-0.1, -0.05) is 6.92 Å². The fraction of sp³-hybridized carbons (Fsp3) is 0.917. The van der Waals surface area contributed by atoms with Gasteiger partial charge in [-0.2, -0.15) is 0 Å². The van der Waals surface area contributed by atoms with E-state index in [0.717, 1.165) is 58.7 Å². The lowest BCUT2D eigenvalue weighted by Gasteiger charge is -2.22. The van der Waals surface area contributed by atoms with Gasteiger partial charge in [0.05, 0.1) is 12.6 Å². The second kappa shape index (κ2) is 8.44. The maximum absolute atomic E-state index is 11.3. The fourth-order valence-corrected chi connectivity index (χ4v) is 2.00. The molecule has 1 fully saturated rings. The molecule has 0 aromatic rings. The molecule has 1 aliphatic heterocycles. The van der Waals surface area contributed by atoms with Crippen molar-refractivity contribution in [2.24, 2.45) is 5.73 Å². The molecule has 1 aliphatic rings. The van der Waals surface area contributed by atoms with Crippen molar-refractivity contribution < 1.29 is 9.53 Å². The predicted octanol–water partition coefficient (Wildman–Crippen LogP) is -0.0477. The van der Waals surface area contributed by atoms with Gasteiger partial charge in [0.2, 0.25) is 5.91 Å². The van der Waals surface area contributed by atoms with Crippen molar-refractivity contribution in [3.05, 3.63) is 0 Å². The average molecular weight is 243 g/mol. The van der Waals surface area contributed by atoms with Crippen molar-refractivity contribution in [2.75, 3.05) is 39.4 Å². The molecule has 1 atom stereocenters. The zero-order chi connectivity index (χ0) is 12.5. The van der Waals surface area contributed by atoms with E-state index in [0.29, 0.717) is 0 Å². The average Bonchev–Trinajstić information content (AvgIpc) is 2.57. The fourth-order valence-electron chi connectivity index (χ4n) is 2.00. The molecule has 1 unspecified atom stereocenters. The third-order valence-corrected chi connectivity index (χ3v) is 3.03. The Balaban J connectivity index is 2.26. The molecule has 0 aliphatic carbocycles. The molecule has 1 amide bonds. The molecule has 0 bridgehead atoms. The maximum atomic E-state index is 11.3. The summed E-state index contributed by atoms with van der Waals surface area (Å²) in [5.41, 5.74) is 5.38. The predicted molar refractivity (Wildman–Crippen MR) is 67.8 cm³/mol. The Hall–Kier alpha value is -0.650. The first kappa shape index (κ1) is 14.4. The summed E-state index contributed by atoms with van der Waals surface area (Å²) in [5.74, 6) is -0.246. The Morgan fingerprint density at radius 1 is 1.47 bits per heavy atom. The van der Waals surface area contributed by atoms with E-state index in [1.165, 1.54) is 0 Å². The zero-order valence-corrected chi connectivity index (χ0v) is 10.8. The number of rotatable bonds is 7. The van der Waals surface area contributed by atoms with Crippen molar-refractivity contribution in [2.45, 2.75) is 32.2 Å². The molecule has 0 aromatic carbocycles. The second-order valence-electron chi connectivity index (χ2n) is 4.51. The summed E-state index contributed by atoms with van der Waals surface area (Å²) in [5, 5.41) is 3.19. The number of hydrogen-bond donors (Lipinski definition) is 2. The molecular weight excluding hydrogens is 218 g/mol. The highest BCUT2D eigenvalue weighted by Crippen LogP contribution is 2.02. The smallest absolute Gasteiger partial charge is 0.234 e. The first-order valence-corrected chi connectivity index (χ1v) is 6.57. The van der Waals surface area contributed by atoms with Crippen LogP contribution in [0, 0.1) is 0 Å². The summed E-state index contributed by atoms with van der Waals surface area (Å²) in [6.45, 7) is 7.49. The standard InChI is InChI=1S/C12H25N3O2/c1-2-5-14-11(12(13)16)4-7-15-6-3-9-17-10-8-15/h11,14H,2-10H2,1H3,(H2,13,16). The number of carbonyl (C=O) groups is 1. The monoisotopic (exact) mass is 243 g/mol. The highest BCUT2D eigenvalue weighted by atomic mass is 16.5. The Morgan fingerprint density at radius 3 is 3.00 bits per heavy atom. The largest absolute Gasteiger partial charge is 0.380 e. The van der Waals surface area contributed by atoms with Gasteiger partial charge in [-0.25, -0.2) is 0 Å². The van der Waals surface area contributed by atoms with Gasteiger partial charge in [-0.15, -0.1) is 0 Å². The Labute approximate surface area is 104 Å². The summed E-state index contributed by atoms with van der Waals surface area (Å²) in [6.07, 6.45) is 2.88. The first-order valence-electron chi connectivity index (χ1n) is 6.57. The van der Waals surface area contributed by atoms with E-state index < -0.39 is 0 Å². The number of ether oxygens (including phenoxy) is 1. The molecule has 1 saturated heterocycles. The molecule has 0 saturated carbocycles. The molecule has 0 spiro atoms. The van der Waals surface area contributed by atoms with E-state index in [1.807, 2.05) is 0 Å². The van der Waals surface area contributed by atoms with Crippen LogP contribution in [0.2, 0.25) is 0 Å². The van der Waals surface area contributed by atoms with E-state index in [1.54, 1.807) is 0 Å². The number of hydrogen-bond acceptors (Lipinski definition) is 4. The highest BCUT2D eigenvalue weighted by molar-refractivity contribution is 5.79. The molecule has 0 radical (unpaired) electrons. The number of nitrogens with one attached hydrogen (secondary N) is 1. The van der Waals surface area contributed by atoms with Gasteiger partial charge < -0.3 is 20.7 Å². The molecule has 1 rings (SSSR count). The summed E-state index contributed by atoms with van der Waals surface area (Å²) in [7, 11) is 0. The van der Waals surface area contributed by atoms with Crippen LogP contribution in [0.3, 0.4) is 0 Å². The summed E-state index contributed by atoms with van der Waals surface area (Å²) < 4.78 is 5.39. The van der Waals surface area contributed by atoms with E-state index in [4.69, 9.17) is 10.5 Å². The number of nitrogens with two attached hydrogens (primary N) is 1. The second-order valence-corrected chi connectivity index (χ2v) is 4.51. The van der Waals surface area contributed by atoms with Gasteiger partial charge in [0.25, 0.3) is 0 Å². The lowest BCUT2D eigenvalue weighted by Crippen LogP contribution is -2.44. The summed E-state index contributed by atoms with van der Waals surface area (Å²) in [4.78, 5) is 13.6. The van der Waals surface area contributed by atoms with Gasteiger partial charge in [-0.3, -0.25) is 4.79 Å². The first-order chi connectivity index (χ1) is 8.24. The van der Waals surface area contributed by atoms with Crippen LogP contribution in [0.15, 0.2) is 0 Å². The van der Waals surface area contributed by atoms with E-state index in [9.17, 15) is 4.79 Å². The summed E-state index contributed by atoms with van der Waals surface area (Å²) >= 11 is 0. The SMILES string of the molecule is CCCNC(CCN1CCCOCC1)C(N)=O. The summed E-state index contributed by atoms with van der Waals surface area (Å²) in [6, 6.07) is -0.195. The van der Waals surface area contributed by atoms with Crippen LogP contribution in [0.25, 0.3) is 0 Å².